The van der Waals surface area contributed by atoms with Gasteiger partial charge in [0.05, 0.1) is 17.3 Å². The van der Waals surface area contributed by atoms with Gasteiger partial charge in [0.15, 0.2) is 0 Å². The molecule has 23 heavy (non-hydrogen) atoms. The molecule has 120 valence electrons. The number of carbonyl (C=O) groups excluding carboxylic acids is 2. The summed E-state index contributed by atoms with van der Waals surface area (Å²) in [4.78, 5) is 24.1. The third kappa shape index (κ3) is 3.59. The molecule has 1 heterocycles. The van der Waals surface area contributed by atoms with Crippen LogP contribution in [0.5, 0.6) is 0 Å². The molecule has 1 N–H and O–H groups in total. The fourth-order valence-electron chi connectivity index (χ4n) is 2.24. The lowest BCUT2D eigenvalue weighted by molar-refractivity contribution is 0.0335. The number of hydrogen-bond donors (Lipinski definition) is 1. The standard InChI is InChI=1S/C17H18N2O4/c1-10(15-9-18-23-11(15)2)22-17(21)13-5-3-12(4-6-13)16(20)19-14-7-8-14/h3-6,9-10,14H,7-8H2,1-2H3,(H,19,20). The lowest BCUT2D eigenvalue weighted by atomic mass is 10.1. The molecule has 1 unspecified atom stereocenters. The summed E-state index contributed by atoms with van der Waals surface area (Å²) in [6.45, 7) is 3.52. The fraction of sp³-hybridized carbons (Fsp3) is 0.353. The molecule has 6 heteroatoms. The fourth-order valence-corrected chi connectivity index (χ4v) is 2.24. The first-order chi connectivity index (χ1) is 11.0. The van der Waals surface area contributed by atoms with Crippen LogP contribution in [-0.4, -0.2) is 23.1 Å². The SMILES string of the molecule is Cc1oncc1C(C)OC(=O)c1ccc(C(=O)NC2CC2)cc1. The molecule has 1 aliphatic carbocycles. The molecule has 6 nitrogen and oxygen atoms in total. The lowest BCUT2D eigenvalue weighted by Gasteiger charge is -2.12. The Morgan fingerprint density at radius 2 is 1.91 bits per heavy atom. The molecule has 0 aliphatic heterocycles. The highest BCUT2D eigenvalue weighted by atomic mass is 16.5. The maximum absolute atomic E-state index is 12.2. The molecule has 1 saturated carbocycles. The average molecular weight is 314 g/mol. The molecule has 0 bridgehead atoms. The van der Waals surface area contributed by atoms with Crippen LogP contribution < -0.4 is 5.32 Å². The van der Waals surface area contributed by atoms with Crippen LogP contribution in [0.2, 0.25) is 0 Å². The summed E-state index contributed by atoms with van der Waals surface area (Å²) in [5, 5.41) is 6.58. The normalized spacial score (nSPS) is 15.0. The van der Waals surface area contributed by atoms with E-state index in [0.29, 0.717) is 22.9 Å². The minimum atomic E-state index is -0.452. The molecule has 0 saturated heterocycles. The van der Waals surface area contributed by atoms with E-state index < -0.39 is 12.1 Å². The molecule has 1 aliphatic rings. The average Bonchev–Trinajstić information content (AvgIpc) is 3.25. The molecular weight excluding hydrogens is 296 g/mol. The van der Waals surface area contributed by atoms with Gasteiger partial charge in [0.25, 0.3) is 5.91 Å². The van der Waals surface area contributed by atoms with Crippen molar-refractivity contribution < 1.29 is 18.8 Å². The molecule has 0 radical (unpaired) electrons. The smallest absolute Gasteiger partial charge is 0.338 e. The van der Waals surface area contributed by atoms with Crippen LogP contribution in [-0.2, 0) is 4.74 Å². The molecule has 1 amide bonds. The Morgan fingerprint density at radius 3 is 2.48 bits per heavy atom. The summed E-state index contributed by atoms with van der Waals surface area (Å²) >= 11 is 0. The Kier molecular flexibility index (Phi) is 4.14. The first kappa shape index (κ1) is 15.3. The van der Waals surface area contributed by atoms with Gasteiger partial charge in [-0.15, -0.1) is 0 Å². The molecule has 1 atom stereocenters. The molecular formula is C17H18N2O4. The molecule has 3 rings (SSSR count). The molecule has 1 aromatic carbocycles. The van der Waals surface area contributed by atoms with Crippen LogP contribution in [0.3, 0.4) is 0 Å². The van der Waals surface area contributed by atoms with Gasteiger partial charge in [-0.2, -0.15) is 0 Å². The van der Waals surface area contributed by atoms with Crippen molar-refractivity contribution in [3.63, 3.8) is 0 Å². The van der Waals surface area contributed by atoms with Crippen molar-refractivity contribution in [1.29, 1.82) is 0 Å². The highest BCUT2D eigenvalue weighted by Gasteiger charge is 2.24. The van der Waals surface area contributed by atoms with Gasteiger partial charge in [-0.1, -0.05) is 5.16 Å². The van der Waals surface area contributed by atoms with Crippen LogP contribution in [0, 0.1) is 6.92 Å². The monoisotopic (exact) mass is 314 g/mol. The van der Waals surface area contributed by atoms with Crippen molar-refractivity contribution in [2.45, 2.75) is 38.8 Å². The second-order valence-corrected chi connectivity index (χ2v) is 5.71. The maximum Gasteiger partial charge on any atom is 0.338 e. The Labute approximate surface area is 133 Å². The van der Waals surface area contributed by atoms with Gasteiger partial charge in [0.2, 0.25) is 0 Å². The Bertz CT molecular complexity index is 716. The van der Waals surface area contributed by atoms with E-state index in [9.17, 15) is 9.59 Å². The van der Waals surface area contributed by atoms with Crippen LogP contribution in [0.25, 0.3) is 0 Å². The molecule has 1 aromatic heterocycles. The number of aromatic nitrogens is 1. The van der Waals surface area contributed by atoms with Crippen molar-refractivity contribution in [2.75, 3.05) is 0 Å². The Morgan fingerprint density at radius 1 is 1.26 bits per heavy atom. The predicted molar refractivity (Wildman–Crippen MR) is 82.0 cm³/mol. The number of nitrogens with zero attached hydrogens (tertiary/aromatic N) is 1. The maximum atomic E-state index is 12.2. The summed E-state index contributed by atoms with van der Waals surface area (Å²) in [5.41, 5.74) is 1.67. The minimum absolute atomic E-state index is 0.110. The molecule has 1 fully saturated rings. The van der Waals surface area contributed by atoms with E-state index in [4.69, 9.17) is 9.26 Å². The molecule has 0 spiro atoms. The zero-order chi connectivity index (χ0) is 16.4. The van der Waals surface area contributed by atoms with Crippen LogP contribution in [0.15, 0.2) is 35.0 Å². The van der Waals surface area contributed by atoms with E-state index in [1.165, 1.54) is 0 Å². The summed E-state index contributed by atoms with van der Waals surface area (Å²) in [5.74, 6) is 0.0607. The first-order valence-electron chi connectivity index (χ1n) is 7.57. The number of carbonyl (C=O) groups is 2. The highest BCUT2D eigenvalue weighted by Crippen LogP contribution is 2.22. The van der Waals surface area contributed by atoms with Gasteiger partial charge in [0.1, 0.15) is 11.9 Å². The van der Waals surface area contributed by atoms with Crippen molar-refractivity contribution >= 4 is 11.9 Å². The van der Waals surface area contributed by atoms with Crippen molar-refractivity contribution in [1.82, 2.24) is 10.5 Å². The second-order valence-electron chi connectivity index (χ2n) is 5.71. The molecule has 2 aromatic rings. The zero-order valence-corrected chi connectivity index (χ0v) is 13.0. The van der Waals surface area contributed by atoms with E-state index in [1.54, 1.807) is 44.3 Å². The Hall–Kier alpha value is -2.63. The van der Waals surface area contributed by atoms with E-state index in [-0.39, 0.29) is 5.91 Å². The van der Waals surface area contributed by atoms with Gasteiger partial charge in [-0.3, -0.25) is 4.79 Å². The summed E-state index contributed by atoms with van der Waals surface area (Å²) in [7, 11) is 0. The van der Waals surface area contributed by atoms with Crippen molar-refractivity contribution in [3.05, 3.63) is 52.9 Å². The topological polar surface area (TPSA) is 81.4 Å². The second kappa shape index (κ2) is 6.24. The summed E-state index contributed by atoms with van der Waals surface area (Å²) in [6.07, 6.45) is 3.16. The third-order valence-corrected chi connectivity index (χ3v) is 3.81. The number of rotatable bonds is 5. The quantitative estimate of drug-likeness (QED) is 0.858. The van der Waals surface area contributed by atoms with Gasteiger partial charge in [0, 0.05) is 11.6 Å². The number of benzene rings is 1. The minimum Gasteiger partial charge on any atom is -0.454 e. The van der Waals surface area contributed by atoms with Gasteiger partial charge >= 0.3 is 5.97 Å². The number of nitrogens with one attached hydrogen (secondary N) is 1. The van der Waals surface area contributed by atoms with E-state index in [0.717, 1.165) is 18.4 Å². The van der Waals surface area contributed by atoms with E-state index in [2.05, 4.69) is 10.5 Å². The van der Waals surface area contributed by atoms with Crippen molar-refractivity contribution in [3.8, 4) is 0 Å². The van der Waals surface area contributed by atoms with Crippen LogP contribution in [0.4, 0.5) is 0 Å². The Balaban J connectivity index is 1.63. The number of hydrogen-bond acceptors (Lipinski definition) is 5. The number of ether oxygens (including phenoxy) is 1. The van der Waals surface area contributed by atoms with Crippen LogP contribution in [0.1, 0.15) is 57.9 Å². The summed E-state index contributed by atoms with van der Waals surface area (Å²) < 4.78 is 10.4. The van der Waals surface area contributed by atoms with E-state index in [1.807, 2.05) is 0 Å². The van der Waals surface area contributed by atoms with Gasteiger partial charge in [-0.05, 0) is 51.0 Å². The van der Waals surface area contributed by atoms with E-state index >= 15 is 0 Å². The first-order valence-corrected chi connectivity index (χ1v) is 7.57. The zero-order valence-electron chi connectivity index (χ0n) is 13.0. The van der Waals surface area contributed by atoms with Crippen molar-refractivity contribution in [2.24, 2.45) is 0 Å². The summed E-state index contributed by atoms with van der Waals surface area (Å²) in [6, 6.07) is 6.75. The van der Waals surface area contributed by atoms with Gasteiger partial charge in [-0.25, -0.2) is 4.79 Å². The van der Waals surface area contributed by atoms with Crippen LogP contribution >= 0.6 is 0 Å². The third-order valence-electron chi connectivity index (χ3n) is 3.81. The predicted octanol–water partition coefficient (Wildman–Crippen LogP) is 2.79. The number of aryl methyl sites for hydroxylation is 1. The lowest BCUT2D eigenvalue weighted by Crippen LogP contribution is -2.25. The number of esters is 1. The highest BCUT2D eigenvalue weighted by molar-refractivity contribution is 5.96. The number of amides is 1. The largest absolute Gasteiger partial charge is 0.454 e. The van der Waals surface area contributed by atoms with Gasteiger partial charge < -0.3 is 14.6 Å².